The van der Waals surface area contributed by atoms with E-state index in [1.165, 1.54) is 11.3 Å². The molecule has 88 valence electrons. The Balaban J connectivity index is 2.40. The fourth-order valence-corrected chi connectivity index (χ4v) is 2.00. The van der Waals surface area contributed by atoms with E-state index in [2.05, 4.69) is 49.1 Å². The van der Waals surface area contributed by atoms with Crippen molar-refractivity contribution in [1.82, 2.24) is 0 Å². The first kappa shape index (κ1) is 11.5. The number of benzene rings is 2. The summed E-state index contributed by atoms with van der Waals surface area (Å²) in [6, 6.07) is 16.5. The van der Waals surface area contributed by atoms with Crippen molar-refractivity contribution >= 4 is 17.1 Å². The smallest absolute Gasteiger partial charge is 0.0431 e. The topological polar surface area (TPSA) is 29.3 Å². The lowest BCUT2D eigenvalue weighted by Gasteiger charge is -2.24. The third-order valence-electron chi connectivity index (χ3n) is 2.81. The number of hydrogen-bond donors (Lipinski definition) is 1. The van der Waals surface area contributed by atoms with Crippen LogP contribution in [0.5, 0.6) is 0 Å². The number of nitrogens with two attached hydrogens (primary N) is 1. The largest absolute Gasteiger partial charge is 0.399 e. The highest BCUT2D eigenvalue weighted by Gasteiger charge is 2.06. The molecule has 2 aromatic rings. The molecule has 0 aliphatic carbocycles. The third kappa shape index (κ3) is 2.59. The van der Waals surface area contributed by atoms with Gasteiger partial charge in [0, 0.05) is 23.6 Å². The summed E-state index contributed by atoms with van der Waals surface area (Å²) in [4.78, 5) is 2.25. The maximum absolute atomic E-state index is 5.83. The Morgan fingerprint density at radius 2 is 1.65 bits per heavy atom. The quantitative estimate of drug-likeness (QED) is 0.808. The lowest BCUT2D eigenvalue weighted by molar-refractivity contribution is 1.02. The lowest BCUT2D eigenvalue weighted by Crippen LogP contribution is -2.16. The van der Waals surface area contributed by atoms with Crippen molar-refractivity contribution in [1.29, 1.82) is 0 Å². The van der Waals surface area contributed by atoms with E-state index in [1.54, 1.807) is 0 Å². The number of aryl methyl sites for hydroxylation is 1. The Kier molecular flexibility index (Phi) is 3.33. The zero-order valence-electron chi connectivity index (χ0n) is 10.4. The number of anilines is 3. The monoisotopic (exact) mass is 226 g/mol. The molecular formula is C15H18N2. The Morgan fingerprint density at radius 3 is 2.24 bits per heavy atom. The average molecular weight is 226 g/mol. The van der Waals surface area contributed by atoms with Gasteiger partial charge in [0.05, 0.1) is 0 Å². The summed E-state index contributed by atoms with van der Waals surface area (Å²) in [5.41, 5.74) is 10.2. The van der Waals surface area contributed by atoms with Gasteiger partial charge in [0.15, 0.2) is 0 Å². The van der Waals surface area contributed by atoms with Gasteiger partial charge in [-0.2, -0.15) is 0 Å². The molecule has 17 heavy (non-hydrogen) atoms. The average Bonchev–Trinajstić information content (AvgIpc) is 2.30. The van der Waals surface area contributed by atoms with Gasteiger partial charge in [-0.3, -0.25) is 0 Å². The fraction of sp³-hybridized carbons (Fsp3) is 0.200. The molecular weight excluding hydrogens is 208 g/mol. The molecule has 0 saturated carbocycles. The highest BCUT2D eigenvalue weighted by Crippen LogP contribution is 2.26. The molecule has 0 spiro atoms. The SMILES string of the molecule is CCN(c1cccc(C)c1)c1cccc(N)c1. The van der Waals surface area contributed by atoms with Gasteiger partial charge in [-0.15, -0.1) is 0 Å². The first-order chi connectivity index (χ1) is 8.20. The van der Waals surface area contributed by atoms with Crippen LogP contribution in [0, 0.1) is 6.92 Å². The van der Waals surface area contributed by atoms with E-state index < -0.39 is 0 Å². The summed E-state index contributed by atoms with van der Waals surface area (Å²) >= 11 is 0. The molecule has 0 aromatic heterocycles. The van der Waals surface area contributed by atoms with Crippen molar-refractivity contribution in [2.75, 3.05) is 17.2 Å². The first-order valence-corrected chi connectivity index (χ1v) is 5.90. The fourth-order valence-electron chi connectivity index (χ4n) is 2.00. The van der Waals surface area contributed by atoms with Gasteiger partial charge in [-0.1, -0.05) is 18.2 Å². The summed E-state index contributed by atoms with van der Waals surface area (Å²) in [5, 5.41) is 0. The highest BCUT2D eigenvalue weighted by atomic mass is 15.1. The van der Waals surface area contributed by atoms with Gasteiger partial charge in [0.1, 0.15) is 0 Å². The number of nitrogens with zero attached hydrogens (tertiary/aromatic N) is 1. The lowest BCUT2D eigenvalue weighted by atomic mass is 10.2. The second-order valence-electron chi connectivity index (χ2n) is 4.18. The van der Waals surface area contributed by atoms with E-state index in [0.29, 0.717) is 0 Å². The Morgan fingerprint density at radius 1 is 1.00 bits per heavy atom. The summed E-state index contributed by atoms with van der Waals surface area (Å²) in [7, 11) is 0. The highest BCUT2D eigenvalue weighted by molar-refractivity contribution is 5.66. The molecule has 2 aromatic carbocycles. The van der Waals surface area contributed by atoms with E-state index >= 15 is 0 Å². The van der Waals surface area contributed by atoms with Crippen LogP contribution in [0.25, 0.3) is 0 Å². The molecule has 0 bridgehead atoms. The summed E-state index contributed by atoms with van der Waals surface area (Å²) < 4.78 is 0. The van der Waals surface area contributed by atoms with Crippen molar-refractivity contribution < 1.29 is 0 Å². The van der Waals surface area contributed by atoms with E-state index in [4.69, 9.17) is 5.73 Å². The number of hydrogen-bond acceptors (Lipinski definition) is 2. The third-order valence-corrected chi connectivity index (χ3v) is 2.81. The van der Waals surface area contributed by atoms with Crippen LogP contribution in [-0.4, -0.2) is 6.54 Å². The maximum Gasteiger partial charge on any atom is 0.0431 e. The normalized spacial score (nSPS) is 10.2. The van der Waals surface area contributed by atoms with Crippen LogP contribution in [0.3, 0.4) is 0 Å². The molecule has 0 heterocycles. The molecule has 0 fully saturated rings. The predicted octanol–water partition coefficient (Wildman–Crippen LogP) is 3.74. The minimum atomic E-state index is 0.800. The summed E-state index contributed by atoms with van der Waals surface area (Å²) in [6.07, 6.45) is 0. The number of nitrogen functional groups attached to an aromatic ring is 1. The molecule has 0 radical (unpaired) electrons. The Hall–Kier alpha value is -1.96. The molecule has 0 aliphatic heterocycles. The molecule has 2 rings (SSSR count). The van der Waals surface area contributed by atoms with Crippen LogP contribution in [0.1, 0.15) is 12.5 Å². The van der Waals surface area contributed by atoms with E-state index in [9.17, 15) is 0 Å². The van der Waals surface area contributed by atoms with Crippen LogP contribution in [0.4, 0.5) is 17.1 Å². The molecule has 2 nitrogen and oxygen atoms in total. The summed E-state index contributed by atoms with van der Waals surface area (Å²) in [5.74, 6) is 0. The predicted molar refractivity (Wildman–Crippen MR) is 74.7 cm³/mol. The minimum Gasteiger partial charge on any atom is -0.399 e. The second-order valence-corrected chi connectivity index (χ2v) is 4.18. The Bertz CT molecular complexity index is 460. The molecule has 0 atom stereocenters. The van der Waals surface area contributed by atoms with Crippen molar-refractivity contribution in [3.8, 4) is 0 Å². The van der Waals surface area contributed by atoms with Crippen molar-refractivity contribution in [2.45, 2.75) is 13.8 Å². The van der Waals surface area contributed by atoms with E-state index in [-0.39, 0.29) is 0 Å². The molecule has 0 amide bonds. The van der Waals surface area contributed by atoms with Crippen LogP contribution < -0.4 is 10.6 Å². The second kappa shape index (κ2) is 4.91. The van der Waals surface area contributed by atoms with Crippen LogP contribution in [0.2, 0.25) is 0 Å². The first-order valence-electron chi connectivity index (χ1n) is 5.90. The van der Waals surface area contributed by atoms with Crippen molar-refractivity contribution in [3.05, 3.63) is 54.1 Å². The van der Waals surface area contributed by atoms with Gasteiger partial charge >= 0.3 is 0 Å². The zero-order valence-corrected chi connectivity index (χ0v) is 10.4. The standard InChI is InChI=1S/C15H18N2/c1-3-17(14-8-4-6-12(2)10-14)15-9-5-7-13(16)11-15/h4-11H,3,16H2,1-2H3. The Labute approximate surface area is 103 Å². The van der Waals surface area contributed by atoms with Crippen molar-refractivity contribution in [3.63, 3.8) is 0 Å². The van der Waals surface area contributed by atoms with Crippen LogP contribution in [0.15, 0.2) is 48.5 Å². The number of rotatable bonds is 3. The summed E-state index contributed by atoms with van der Waals surface area (Å²) in [6.45, 7) is 5.18. The van der Waals surface area contributed by atoms with Gasteiger partial charge in [0.2, 0.25) is 0 Å². The van der Waals surface area contributed by atoms with Crippen LogP contribution in [-0.2, 0) is 0 Å². The van der Waals surface area contributed by atoms with Gasteiger partial charge in [-0.05, 0) is 49.7 Å². The molecule has 2 heteroatoms. The zero-order chi connectivity index (χ0) is 12.3. The minimum absolute atomic E-state index is 0.800. The molecule has 0 unspecified atom stereocenters. The van der Waals surface area contributed by atoms with E-state index in [1.807, 2.05) is 18.2 Å². The molecule has 0 saturated heterocycles. The van der Waals surface area contributed by atoms with Crippen LogP contribution >= 0.6 is 0 Å². The molecule has 0 aliphatic rings. The van der Waals surface area contributed by atoms with Gasteiger partial charge < -0.3 is 10.6 Å². The molecule has 2 N–H and O–H groups in total. The van der Waals surface area contributed by atoms with Crippen molar-refractivity contribution in [2.24, 2.45) is 0 Å². The maximum atomic E-state index is 5.83. The van der Waals surface area contributed by atoms with Gasteiger partial charge in [0.25, 0.3) is 0 Å². The van der Waals surface area contributed by atoms with E-state index in [0.717, 1.165) is 17.9 Å². The van der Waals surface area contributed by atoms with Gasteiger partial charge in [-0.25, -0.2) is 0 Å².